The second-order valence-corrected chi connectivity index (χ2v) is 7.35. The molecule has 1 saturated heterocycles. The van der Waals surface area contributed by atoms with E-state index in [1.807, 2.05) is 6.20 Å². The van der Waals surface area contributed by atoms with E-state index in [1.54, 1.807) is 0 Å². The molecule has 0 spiro atoms. The van der Waals surface area contributed by atoms with Crippen molar-refractivity contribution in [3.05, 3.63) is 29.6 Å². The number of H-pyrrole nitrogens is 1. The number of aromatic amines is 1. The summed E-state index contributed by atoms with van der Waals surface area (Å²) < 4.78 is 5.89. The molecule has 2 atom stereocenters. The zero-order valence-corrected chi connectivity index (χ0v) is 14.2. The number of nitrogens with zero attached hydrogens (tertiary/aromatic N) is 2. The van der Waals surface area contributed by atoms with Gasteiger partial charge in [-0.05, 0) is 50.3 Å². The smallest absolute Gasteiger partial charge is 0.137 e. The molecule has 2 aromatic heterocycles. The standard InChI is InChI=1S/C19H27N3O/c1-13-10-22(11-14(2)23-13)12-17-16-8-5-9-20-19(16)21-18(17)15-6-3-4-7-15/h5,8-9,13-15H,3-4,6-7,10-12H2,1-2H3,(H,20,21)/t13-,14-/m1/s1. The minimum atomic E-state index is 0.317. The van der Waals surface area contributed by atoms with Crippen LogP contribution in [-0.4, -0.2) is 40.2 Å². The fourth-order valence-corrected chi connectivity index (χ4v) is 4.47. The van der Waals surface area contributed by atoms with Crippen LogP contribution in [0.4, 0.5) is 0 Å². The lowest BCUT2D eigenvalue weighted by atomic mass is 9.98. The fourth-order valence-electron chi connectivity index (χ4n) is 4.47. The maximum Gasteiger partial charge on any atom is 0.137 e. The molecule has 0 aromatic carbocycles. The molecule has 1 aliphatic carbocycles. The number of hydrogen-bond donors (Lipinski definition) is 1. The van der Waals surface area contributed by atoms with Gasteiger partial charge in [-0.2, -0.15) is 0 Å². The number of morpholine rings is 1. The maximum absolute atomic E-state index is 5.89. The van der Waals surface area contributed by atoms with Gasteiger partial charge < -0.3 is 9.72 Å². The maximum atomic E-state index is 5.89. The van der Waals surface area contributed by atoms with Crippen molar-refractivity contribution >= 4 is 11.0 Å². The summed E-state index contributed by atoms with van der Waals surface area (Å²) in [4.78, 5) is 10.8. The minimum Gasteiger partial charge on any atom is -0.373 e. The van der Waals surface area contributed by atoms with Gasteiger partial charge in [0.15, 0.2) is 0 Å². The van der Waals surface area contributed by atoms with E-state index in [1.165, 1.54) is 42.3 Å². The third-order valence-electron chi connectivity index (χ3n) is 5.35. The SMILES string of the molecule is C[C@@H]1CN(Cc2c(C3CCCC3)[nH]c3ncccc23)C[C@@H](C)O1. The molecule has 2 fully saturated rings. The van der Waals surface area contributed by atoms with E-state index in [-0.39, 0.29) is 0 Å². The Hall–Kier alpha value is -1.39. The van der Waals surface area contributed by atoms with Gasteiger partial charge in [0, 0.05) is 36.9 Å². The normalized spacial score (nSPS) is 27.0. The lowest BCUT2D eigenvalue weighted by Crippen LogP contribution is -2.44. The number of pyridine rings is 1. The van der Waals surface area contributed by atoms with Crippen LogP contribution in [0, 0.1) is 0 Å². The van der Waals surface area contributed by atoms with Crippen molar-refractivity contribution < 1.29 is 4.74 Å². The first kappa shape index (κ1) is 15.2. The molecule has 0 unspecified atom stereocenters. The summed E-state index contributed by atoms with van der Waals surface area (Å²) >= 11 is 0. The van der Waals surface area contributed by atoms with Crippen molar-refractivity contribution in [2.75, 3.05) is 13.1 Å². The topological polar surface area (TPSA) is 41.2 Å². The van der Waals surface area contributed by atoms with E-state index in [4.69, 9.17) is 4.74 Å². The Balaban J connectivity index is 1.68. The highest BCUT2D eigenvalue weighted by Crippen LogP contribution is 2.38. The summed E-state index contributed by atoms with van der Waals surface area (Å²) in [5, 5.41) is 1.31. The molecule has 1 saturated carbocycles. The van der Waals surface area contributed by atoms with E-state index >= 15 is 0 Å². The molecule has 2 aromatic rings. The van der Waals surface area contributed by atoms with Gasteiger partial charge in [0.05, 0.1) is 12.2 Å². The van der Waals surface area contributed by atoms with Crippen molar-refractivity contribution in [2.45, 2.75) is 64.2 Å². The number of aromatic nitrogens is 2. The molecular formula is C19H27N3O. The first-order chi connectivity index (χ1) is 11.2. The number of fused-ring (bicyclic) bond motifs is 1. The molecule has 124 valence electrons. The number of nitrogens with one attached hydrogen (secondary N) is 1. The monoisotopic (exact) mass is 313 g/mol. The molecule has 0 bridgehead atoms. The second-order valence-electron chi connectivity index (χ2n) is 7.35. The van der Waals surface area contributed by atoms with Gasteiger partial charge in [-0.1, -0.05) is 12.8 Å². The van der Waals surface area contributed by atoms with Gasteiger partial charge in [-0.25, -0.2) is 4.98 Å². The van der Waals surface area contributed by atoms with E-state index in [9.17, 15) is 0 Å². The predicted octanol–water partition coefficient (Wildman–Crippen LogP) is 3.83. The van der Waals surface area contributed by atoms with Crippen molar-refractivity contribution in [1.29, 1.82) is 0 Å². The Kier molecular flexibility index (Phi) is 4.12. The van der Waals surface area contributed by atoms with Crippen LogP contribution in [-0.2, 0) is 11.3 Å². The average molecular weight is 313 g/mol. The Bertz CT molecular complexity index is 664. The van der Waals surface area contributed by atoms with Gasteiger partial charge >= 0.3 is 0 Å². The second kappa shape index (κ2) is 6.25. The van der Waals surface area contributed by atoms with Crippen molar-refractivity contribution in [3.8, 4) is 0 Å². The molecule has 3 heterocycles. The Morgan fingerprint density at radius 1 is 1.22 bits per heavy atom. The Labute approximate surface area is 138 Å². The molecule has 1 aliphatic heterocycles. The number of hydrogen-bond acceptors (Lipinski definition) is 3. The van der Waals surface area contributed by atoms with Crippen LogP contribution in [0.2, 0.25) is 0 Å². The first-order valence-electron chi connectivity index (χ1n) is 9.04. The molecule has 0 radical (unpaired) electrons. The van der Waals surface area contributed by atoms with Gasteiger partial charge in [0.1, 0.15) is 5.65 Å². The van der Waals surface area contributed by atoms with E-state index in [0.717, 1.165) is 25.3 Å². The molecule has 23 heavy (non-hydrogen) atoms. The largest absolute Gasteiger partial charge is 0.373 e. The van der Waals surface area contributed by atoms with Crippen molar-refractivity contribution in [2.24, 2.45) is 0 Å². The molecule has 4 rings (SSSR count). The fraction of sp³-hybridized carbons (Fsp3) is 0.632. The summed E-state index contributed by atoms with van der Waals surface area (Å²) in [6.45, 7) is 7.40. The third kappa shape index (κ3) is 3.02. The Morgan fingerprint density at radius 2 is 1.96 bits per heavy atom. The summed E-state index contributed by atoms with van der Waals surface area (Å²) in [6, 6.07) is 4.28. The summed E-state index contributed by atoms with van der Waals surface area (Å²) in [5.41, 5.74) is 3.98. The van der Waals surface area contributed by atoms with E-state index in [2.05, 4.69) is 40.8 Å². The van der Waals surface area contributed by atoms with Crippen LogP contribution in [0.15, 0.2) is 18.3 Å². The van der Waals surface area contributed by atoms with Crippen LogP contribution in [0.1, 0.15) is 56.7 Å². The zero-order chi connectivity index (χ0) is 15.8. The van der Waals surface area contributed by atoms with Crippen LogP contribution >= 0.6 is 0 Å². The molecule has 1 N–H and O–H groups in total. The van der Waals surface area contributed by atoms with Gasteiger partial charge in [-0.3, -0.25) is 4.90 Å². The molecule has 4 heteroatoms. The van der Waals surface area contributed by atoms with Crippen molar-refractivity contribution in [3.63, 3.8) is 0 Å². The van der Waals surface area contributed by atoms with E-state index < -0.39 is 0 Å². The third-order valence-corrected chi connectivity index (χ3v) is 5.35. The van der Waals surface area contributed by atoms with Gasteiger partial charge in [-0.15, -0.1) is 0 Å². The van der Waals surface area contributed by atoms with E-state index in [0.29, 0.717) is 18.1 Å². The molecule has 4 nitrogen and oxygen atoms in total. The average Bonchev–Trinajstić information content (AvgIpc) is 3.14. The zero-order valence-electron chi connectivity index (χ0n) is 14.2. The van der Waals surface area contributed by atoms with Crippen LogP contribution in [0.3, 0.4) is 0 Å². The quantitative estimate of drug-likeness (QED) is 0.936. The minimum absolute atomic E-state index is 0.317. The number of rotatable bonds is 3. The van der Waals surface area contributed by atoms with Crippen LogP contribution < -0.4 is 0 Å². The van der Waals surface area contributed by atoms with Crippen LogP contribution in [0.5, 0.6) is 0 Å². The number of ether oxygens (including phenoxy) is 1. The molecular weight excluding hydrogens is 286 g/mol. The van der Waals surface area contributed by atoms with Crippen LogP contribution in [0.25, 0.3) is 11.0 Å². The Morgan fingerprint density at radius 3 is 2.70 bits per heavy atom. The highest BCUT2D eigenvalue weighted by molar-refractivity contribution is 5.81. The van der Waals surface area contributed by atoms with Gasteiger partial charge in [0.2, 0.25) is 0 Å². The summed E-state index contributed by atoms with van der Waals surface area (Å²) in [6.07, 6.45) is 7.87. The van der Waals surface area contributed by atoms with Gasteiger partial charge in [0.25, 0.3) is 0 Å². The lowest BCUT2D eigenvalue weighted by molar-refractivity contribution is -0.0704. The molecule has 2 aliphatic rings. The lowest BCUT2D eigenvalue weighted by Gasteiger charge is -2.35. The molecule has 0 amide bonds. The highest BCUT2D eigenvalue weighted by atomic mass is 16.5. The summed E-state index contributed by atoms with van der Waals surface area (Å²) in [5.74, 6) is 0.690. The predicted molar refractivity (Wildman–Crippen MR) is 92.6 cm³/mol. The highest BCUT2D eigenvalue weighted by Gasteiger charge is 2.27. The summed E-state index contributed by atoms with van der Waals surface area (Å²) in [7, 11) is 0. The first-order valence-corrected chi connectivity index (χ1v) is 9.04. The van der Waals surface area contributed by atoms with Crippen molar-refractivity contribution in [1.82, 2.24) is 14.9 Å².